The van der Waals surface area contributed by atoms with E-state index in [0.717, 1.165) is 0 Å². The second-order valence-electron chi connectivity index (χ2n) is 4.83. The van der Waals surface area contributed by atoms with Crippen LogP contribution >= 0.6 is 0 Å². The minimum atomic E-state index is -1.82. The van der Waals surface area contributed by atoms with Crippen LogP contribution in [0.1, 0.15) is 27.7 Å². The highest BCUT2D eigenvalue weighted by Gasteiger charge is 2.27. The summed E-state index contributed by atoms with van der Waals surface area (Å²) in [4.78, 5) is 29.5. The lowest BCUT2D eigenvalue weighted by Gasteiger charge is -2.28. The van der Waals surface area contributed by atoms with Gasteiger partial charge in [0.25, 0.3) is 0 Å². The molecule has 0 aromatic heterocycles. The molecule has 0 atom stereocenters. The van der Waals surface area contributed by atoms with Gasteiger partial charge in [0.2, 0.25) is 5.91 Å². The summed E-state index contributed by atoms with van der Waals surface area (Å²) < 4.78 is 0. The first-order valence-corrected chi connectivity index (χ1v) is 5.02. The van der Waals surface area contributed by atoms with Crippen LogP contribution in [0.4, 0.5) is 0 Å². The van der Waals surface area contributed by atoms with Crippen molar-refractivity contribution < 1.29 is 29.7 Å². The molecule has 0 saturated heterocycles. The van der Waals surface area contributed by atoms with Crippen molar-refractivity contribution in [3.8, 4) is 0 Å². The lowest BCUT2D eigenvalue weighted by atomic mass is 10.0. The summed E-state index contributed by atoms with van der Waals surface area (Å²) in [7, 11) is 0. The zero-order valence-corrected chi connectivity index (χ0v) is 10.9. The molecular formula is C10H20N2O6. The van der Waals surface area contributed by atoms with Crippen molar-refractivity contribution in [1.29, 1.82) is 0 Å². The molecule has 6 N–H and O–H groups in total. The van der Waals surface area contributed by atoms with E-state index in [4.69, 9.17) is 30.6 Å². The van der Waals surface area contributed by atoms with Crippen molar-refractivity contribution in [2.45, 2.75) is 38.8 Å². The molecule has 8 nitrogen and oxygen atoms in total. The van der Waals surface area contributed by atoms with Crippen LogP contribution in [0.15, 0.2) is 0 Å². The number of carboxylic acid groups (broad SMARTS) is 2. The number of carboxylic acids is 2. The van der Waals surface area contributed by atoms with Crippen molar-refractivity contribution in [2.75, 3.05) is 6.61 Å². The van der Waals surface area contributed by atoms with Crippen molar-refractivity contribution in [3.63, 3.8) is 0 Å². The van der Waals surface area contributed by atoms with Crippen molar-refractivity contribution in [2.24, 2.45) is 5.73 Å². The molecule has 0 aromatic rings. The molecule has 0 radical (unpaired) electrons. The highest BCUT2D eigenvalue weighted by atomic mass is 16.4. The van der Waals surface area contributed by atoms with Crippen LogP contribution in [0, 0.1) is 0 Å². The second-order valence-corrected chi connectivity index (χ2v) is 4.83. The molecule has 0 rings (SSSR count). The Labute approximate surface area is 105 Å². The fourth-order valence-corrected chi connectivity index (χ4v) is 0.508. The quantitative estimate of drug-likeness (QED) is 0.400. The summed E-state index contributed by atoms with van der Waals surface area (Å²) in [5, 5.41) is 26.3. The first kappa shape index (κ1) is 18.7. The van der Waals surface area contributed by atoms with Gasteiger partial charge in [0.05, 0.1) is 17.7 Å². The number of aliphatic hydroxyl groups is 1. The van der Waals surface area contributed by atoms with E-state index in [1.54, 1.807) is 27.7 Å². The number of nitrogens with two attached hydrogens (primary N) is 1. The Morgan fingerprint density at radius 1 is 1.06 bits per heavy atom. The molecule has 0 aliphatic carbocycles. The van der Waals surface area contributed by atoms with Crippen LogP contribution in [-0.2, 0) is 14.4 Å². The van der Waals surface area contributed by atoms with Gasteiger partial charge in [0.15, 0.2) is 0 Å². The number of rotatable bonds is 3. The summed E-state index contributed by atoms with van der Waals surface area (Å²) in [5.41, 5.74) is 4.05. The fourth-order valence-electron chi connectivity index (χ4n) is 0.508. The molecular weight excluding hydrogens is 244 g/mol. The third-order valence-electron chi connectivity index (χ3n) is 1.62. The molecule has 106 valence electrons. The number of nitrogens with one attached hydrogen (secondary N) is 1. The number of aliphatic carboxylic acids is 2. The van der Waals surface area contributed by atoms with E-state index in [-0.39, 0.29) is 12.5 Å². The average Bonchev–Trinajstić information content (AvgIpc) is 2.16. The predicted molar refractivity (Wildman–Crippen MR) is 62.8 cm³/mol. The van der Waals surface area contributed by atoms with Gasteiger partial charge in [0, 0.05) is 0 Å². The molecule has 8 heteroatoms. The zero-order chi connectivity index (χ0) is 15.1. The minimum absolute atomic E-state index is 0.102. The van der Waals surface area contributed by atoms with Crippen LogP contribution in [-0.4, -0.2) is 50.9 Å². The fraction of sp³-hybridized carbons (Fsp3) is 0.700. The van der Waals surface area contributed by atoms with Gasteiger partial charge in [-0.3, -0.25) is 4.79 Å². The molecule has 0 saturated carbocycles. The lowest BCUT2D eigenvalue weighted by molar-refractivity contribution is -0.159. The van der Waals surface area contributed by atoms with Crippen LogP contribution in [0.3, 0.4) is 0 Å². The molecule has 0 spiro atoms. The van der Waals surface area contributed by atoms with E-state index in [2.05, 4.69) is 5.32 Å². The van der Waals surface area contributed by atoms with Crippen LogP contribution in [0.2, 0.25) is 0 Å². The molecule has 0 heterocycles. The normalized spacial score (nSPS) is 11.0. The predicted octanol–water partition coefficient (Wildman–Crippen LogP) is -1.23. The van der Waals surface area contributed by atoms with Crippen LogP contribution in [0.25, 0.3) is 0 Å². The van der Waals surface area contributed by atoms with Gasteiger partial charge in [0.1, 0.15) is 0 Å². The summed E-state index contributed by atoms with van der Waals surface area (Å²) in [6.07, 6.45) is 0. The maximum absolute atomic E-state index is 11.3. The Morgan fingerprint density at radius 2 is 1.39 bits per heavy atom. The van der Waals surface area contributed by atoms with Gasteiger partial charge in [-0.1, -0.05) is 0 Å². The average molecular weight is 264 g/mol. The smallest absolute Gasteiger partial charge is 0.414 e. The lowest BCUT2D eigenvalue weighted by Crippen LogP contribution is -2.56. The molecule has 0 aromatic carbocycles. The molecule has 18 heavy (non-hydrogen) atoms. The van der Waals surface area contributed by atoms with Gasteiger partial charge in [-0.25, -0.2) is 9.59 Å². The second kappa shape index (κ2) is 6.92. The Kier molecular flexibility index (Phi) is 7.18. The number of aliphatic hydroxyl groups excluding tert-OH is 1. The first-order valence-electron chi connectivity index (χ1n) is 5.02. The third-order valence-corrected chi connectivity index (χ3v) is 1.62. The summed E-state index contributed by atoms with van der Waals surface area (Å²) in [5.74, 6) is -3.91. The maximum Gasteiger partial charge on any atom is 0.414 e. The van der Waals surface area contributed by atoms with E-state index < -0.39 is 23.0 Å². The third kappa shape index (κ3) is 9.55. The Bertz CT molecular complexity index is 307. The molecule has 0 aliphatic rings. The van der Waals surface area contributed by atoms with Gasteiger partial charge in [-0.15, -0.1) is 0 Å². The Morgan fingerprint density at radius 3 is 1.56 bits per heavy atom. The monoisotopic (exact) mass is 264 g/mol. The van der Waals surface area contributed by atoms with Gasteiger partial charge >= 0.3 is 11.9 Å². The van der Waals surface area contributed by atoms with Crippen molar-refractivity contribution >= 4 is 17.8 Å². The summed E-state index contributed by atoms with van der Waals surface area (Å²) in [6, 6.07) is 0. The Hall–Kier alpha value is -1.67. The van der Waals surface area contributed by atoms with E-state index >= 15 is 0 Å². The molecule has 0 fully saturated rings. The highest BCUT2D eigenvalue weighted by Crippen LogP contribution is 2.04. The number of hydrogen-bond donors (Lipinski definition) is 5. The minimum Gasteiger partial charge on any atom is -0.473 e. The topological polar surface area (TPSA) is 150 Å². The van der Waals surface area contributed by atoms with Crippen molar-refractivity contribution in [1.82, 2.24) is 5.32 Å². The standard InChI is InChI=1S/C8H18N2O2.C2H2O4/c1-7(2,5-11)10-6(12)8(3,4)9;3-1(4)2(5)6/h11H,5,9H2,1-4H3,(H,10,12);(H,3,4)(H,5,6). The SMILES string of the molecule is CC(C)(CO)NC(=O)C(C)(C)N.O=C(O)C(=O)O. The first-order chi connectivity index (χ1) is 7.83. The Balaban J connectivity index is 0. The van der Waals surface area contributed by atoms with E-state index in [1.165, 1.54) is 0 Å². The van der Waals surface area contributed by atoms with E-state index in [1.807, 2.05) is 0 Å². The van der Waals surface area contributed by atoms with Gasteiger partial charge in [-0.05, 0) is 27.7 Å². The molecule has 0 aliphatic heterocycles. The summed E-state index contributed by atoms with van der Waals surface area (Å²) in [6.45, 7) is 6.60. The molecule has 0 unspecified atom stereocenters. The highest BCUT2D eigenvalue weighted by molar-refractivity contribution is 6.27. The van der Waals surface area contributed by atoms with Crippen molar-refractivity contribution in [3.05, 3.63) is 0 Å². The number of hydrogen-bond acceptors (Lipinski definition) is 5. The summed E-state index contributed by atoms with van der Waals surface area (Å²) >= 11 is 0. The number of carbonyl (C=O) groups excluding carboxylic acids is 1. The molecule has 0 bridgehead atoms. The van der Waals surface area contributed by atoms with Gasteiger partial charge in [-0.2, -0.15) is 0 Å². The largest absolute Gasteiger partial charge is 0.473 e. The van der Waals surface area contributed by atoms with Gasteiger partial charge < -0.3 is 26.4 Å². The van der Waals surface area contributed by atoms with E-state index in [0.29, 0.717) is 0 Å². The molecule has 1 amide bonds. The maximum atomic E-state index is 11.3. The van der Waals surface area contributed by atoms with E-state index in [9.17, 15) is 4.79 Å². The number of amides is 1. The zero-order valence-electron chi connectivity index (χ0n) is 10.9. The number of carbonyl (C=O) groups is 3. The van der Waals surface area contributed by atoms with Crippen LogP contribution < -0.4 is 11.1 Å². The van der Waals surface area contributed by atoms with Crippen LogP contribution in [0.5, 0.6) is 0 Å².